The van der Waals surface area contributed by atoms with Crippen LogP contribution in [0.2, 0.25) is 0 Å². The fourth-order valence-electron chi connectivity index (χ4n) is 2.48. The predicted octanol–water partition coefficient (Wildman–Crippen LogP) is 0.858. The smallest absolute Gasteiger partial charge is 0.224 e. The molecule has 0 spiro atoms. The normalized spacial score (nSPS) is 15.9. The molecule has 5 nitrogen and oxygen atoms in total. The zero-order chi connectivity index (χ0) is 13.1. The lowest BCUT2D eigenvalue weighted by molar-refractivity contribution is -0.131. The van der Waals surface area contributed by atoms with Gasteiger partial charge in [-0.15, -0.1) is 0 Å². The number of hydrogen-bond acceptors (Lipinski definition) is 3. The monoisotopic (exact) mass is 258 g/mol. The molecule has 1 saturated heterocycles. The number of piperazine rings is 1. The number of nitrogens with one attached hydrogen (secondary N) is 1. The average molecular weight is 258 g/mol. The molecule has 19 heavy (non-hydrogen) atoms. The van der Waals surface area contributed by atoms with Gasteiger partial charge in [0, 0.05) is 39.1 Å². The Kier molecular flexibility index (Phi) is 3.46. The van der Waals surface area contributed by atoms with Gasteiger partial charge in [0.15, 0.2) is 0 Å². The summed E-state index contributed by atoms with van der Waals surface area (Å²) < 4.78 is 2.05. The maximum atomic E-state index is 12.1. The van der Waals surface area contributed by atoms with E-state index < -0.39 is 0 Å². The Hall–Kier alpha value is -1.88. The van der Waals surface area contributed by atoms with Crippen LogP contribution >= 0.6 is 0 Å². The maximum Gasteiger partial charge on any atom is 0.224 e. The summed E-state index contributed by atoms with van der Waals surface area (Å²) >= 11 is 0. The zero-order valence-corrected chi connectivity index (χ0v) is 10.9. The first-order chi connectivity index (χ1) is 9.34. The summed E-state index contributed by atoms with van der Waals surface area (Å²) in [5.74, 6) is 0.235. The SMILES string of the molecule is O=C(CCn1cnc2ccccc21)N1CCNCC1. The molecule has 2 heterocycles. The molecule has 0 aliphatic carbocycles. The molecular formula is C14H18N4O. The Balaban J connectivity index is 1.64. The Morgan fingerprint density at radius 1 is 1.26 bits per heavy atom. The molecule has 5 heteroatoms. The number of hydrogen-bond donors (Lipinski definition) is 1. The maximum absolute atomic E-state index is 12.1. The van der Waals surface area contributed by atoms with Crippen molar-refractivity contribution in [2.45, 2.75) is 13.0 Å². The number of rotatable bonds is 3. The highest BCUT2D eigenvalue weighted by molar-refractivity contribution is 5.77. The number of benzene rings is 1. The van der Waals surface area contributed by atoms with Gasteiger partial charge in [-0.1, -0.05) is 12.1 Å². The number of carbonyl (C=O) groups excluding carboxylic acids is 1. The minimum absolute atomic E-state index is 0.235. The molecule has 100 valence electrons. The topological polar surface area (TPSA) is 50.2 Å². The second kappa shape index (κ2) is 5.40. The van der Waals surface area contributed by atoms with E-state index in [0.717, 1.165) is 37.2 Å². The van der Waals surface area contributed by atoms with Crippen molar-refractivity contribution in [3.05, 3.63) is 30.6 Å². The van der Waals surface area contributed by atoms with Gasteiger partial charge in [-0.05, 0) is 12.1 Å². The van der Waals surface area contributed by atoms with Gasteiger partial charge in [-0.2, -0.15) is 0 Å². The summed E-state index contributed by atoms with van der Waals surface area (Å²) in [7, 11) is 0. The number of nitrogens with zero attached hydrogens (tertiary/aromatic N) is 3. The molecule has 1 aliphatic heterocycles. The number of imidazole rings is 1. The van der Waals surface area contributed by atoms with Crippen molar-refractivity contribution in [3.63, 3.8) is 0 Å². The van der Waals surface area contributed by atoms with Crippen molar-refractivity contribution in [3.8, 4) is 0 Å². The predicted molar refractivity (Wildman–Crippen MR) is 73.8 cm³/mol. The highest BCUT2D eigenvalue weighted by Crippen LogP contribution is 2.12. The molecule has 1 aromatic carbocycles. The average Bonchev–Trinajstić information content (AvgIpc) is 2.89. The molecule has 0 atom stereocenters. The Morgan fingerprint density at radius 3 is 2.89 bits per heavy atom. The summed E-state index contributed by atoms with van der Waals surface area (Å²) in [4.78, 5) is 18.4. The van der Waals surface area contributed by atoms with Crippen LogP contribution in [0.15, 0.2) is 30.6 Å². The van der Waals surface area contributed by atoms with E-state index in [-0.39, 0.29) is 5.91 Å². The Labute approximate surface area is 112 Å². The summed E-state index contributed by atoms with van der Waals surface area (Å²) in [5.41, 5.74) is 2.08. The number of amides is 1. The largest absolute Gasteiger partial charge is 0.340 e. The molecular weight excluding hydrogens is 240 g/mol. The highest BCUT2D eigenvalue weighted by atomic mass is 16.2. The molecule has 1 amide bonds. The van der Waals surface area contributed by atoms with Crippen molar-refractivity contribution < 1.29 is 4.79 Å². The van der Waals surface area contributed by atoms with E-state index in [1.165, 1.54) is 0 Å². The minimum atomic E-state index is 0.235. The number of aromatic nitrogens is 2. The second-order valence-corrected chi connectivity index (χ2v) is 4.81. The molecule has 3 rings (SSSR count). The standard InChI is InChI=1S/C14H18N4O/c19-14(17-9-6-15-7-10-17)5-8-18-11-16-12-3-1-2-4-13(12)18/h1-4,11,15H,5-10H2. The molecule has 1 aliphatic rings. The molecule has 2 aromatic rings. The highest BCUT2D eigenvalue weighted by Gasteiger charge is 2.15. The fourth-order valence-corrected chi connectivity index (χ4v) is 2.48. The molecule has 1 N–H and O–H groups in total. The second-order valence-electron chi connectivity index (χ2n) is 4.81. The van der Waals surface area contributed by atoms with Crippen LogP contribution in [0.3, 0.4) is 0 Å². The van der Waals surface area contributed by atoms with E-state index in [4.69, 9.17) is 0 Å². The van der Waals surface area contributed by atoms with E-state index in [0.29, 0.717) is 13.0 Å². The summed E-state index contributed by atoms with van der Waals surface area (Å²) in [6.07, 6.45) is 2.36. The lowest BCUT2D eigenvalue weighted by atomic mass is 10.3. The van der Waals surface area contributed by atoms with E-state index in [2.05, 4.69) is 14.9 Å². The van der Waals surface area contributed by atoms with Crippen LogP contribution in [-0.2, 0) is 11.3 Å². The van der Waals surface area contributed by atoms with Crippen LogP contribution in [0.25, 0.3) is 11.0 Å². The lowest BCUT2D eigenvalue weighted by Gasteiger charge is -2.27. The number of para-hydroxylation sites is 2. The van der Waals surface area contributed by atoms with Gasteiger partial charge >= 0.3 is 0 Å². The summed E-state index contributed by atoms with van der Waals surface area (Å²) in [6.45, 7) is 4.15. The van der Waals surface area contributed by atoms with E-state index in [1.54, 1.807) is 0 Å². The van der Waals surface area contributed by atoms with Gasteiger partial charge in [0.05, 0.1) is 17.4 Å². The third-order valence-electron chi connectivity index (χ3n) is 3.56. The minimum Gasteiger partial charge on any atom is -0.340 e. The van der Waals surface area contributed by atoms with Crippen molar-refractivity contribution in [1.82, 2.24) is 19.8 Å². The van der Waals surface area contributed by atoms with Gasteiger partial charge in [0.25, 0.3) is 0 Å². The molecule has 1 fully saturated rings. The van der Waals surface area contributed by atoms with Gasteiger partial charge in [0.2, 0.25) is 5.91 Å². The fraction of sp³-hybridized carbons (Fsp3) is 0.429. The van der Waals surface area contributed by atoms with Crippen LogP contribution in [0.1, 0.15) is 6.42 Å². The Morgan fingerprint density at radius 2 is 2.05 bits per heavy atom. The number of aryl methyl sites for hydroxylation is 1. The zero-order valence-electron chi connectivity index (χ0n) is 10.9. The Bertz CT molecular complexity index is 572. The molecule has 0 saturated carbocycles. The van der Waals surface area contributed by atoms with Crippen molar-refractivity contribution in [2.75, 3.05) is 26.2 Å². The van der Waals surface area contributed by atoms with E-state index in [1.807, 2.05) is 35.5 Å². The number of fused-ring (bicyclic) bond motifs is 1. The van der Waals surface area contributed by atoms with Crippen molar-refractivity contribution in [1.29, 1.82) is 0 Å². The van der Waals surface area contributed by atoms with Crippen molar-refractivity contribution in [2.24, 2.45) is 0 Å². The first kappa shape index (κ1) is 12.2. The van der Waals surface area contributed by atoms with Crippen LogP contribution < -0.4 is 5.32 Å². The molecule has 1 aromatic heterocycles. The first-order valence-electron chi connectivity index (χ1n) is 6.73. The molecule has 0 unspecified atom stereocenters. The quantitative estimate of drug-likeness (QED) is 0.888. The summed E-state index contributed by atoms with van der Waals surface area (Å²) in [5, 5.41) is 3.25. The van der Waals surface area contributed by atoms with Crippen LogP contribution in [-0.4, -0.2) is 46.5 Å². The third kappa shape index (κ3) is 2.61. The lowest BCUT2D eigenvalue weighted by Crippen LogP contribution is -2.46. The molecule has 0 radical (unpaired) electrons. The van der Waals surface area contributed by atoms with Crippen molar-refractivity contribution >= 4 is 16.9 Å². The van der Waals surface area contributed by atoms with Crippen LogP contribution in [0.4, 0.5) is 0 Å². The van der Waals surface area contributed by atoms with Gasteiger partial charge < -0.3 is 14.8 Å². The van der Waals surface area contributed by atoms with Gasteiger partial charge in [-0.25, -0.2) is 4.98 Å². The van der Waals surface area contributed by atoms with E-state index >= 15 is 0 Å². The number of carbonyl (C=O) groups is 1. The van der Waals surface area contributed by atoms with Crippen LogP contribution in [0.5, 0.6) is 0 Å². The van der Waals surface area contributed by atoms with Crippen LogP contribution in [0, 0.1) is 0 Å². The first-order valence-corrected chi connectivity index (χ1v) is 6.73. The third-order valence-corrected chi connectivity index (χ3v) is 3.56. The van der Waals surface area contributed by atoms with Gasteiger partial charge in [0.1, 0.15) is 0 Å². The summed E-state index contributed by atoms with van der Waals surface area (Å²) in [6, 6.07) is 8.01. The van der Waals surface area contributed by atoms with Gasteiger partial charge in [-0.3, -0.25) is 4.79 Å². The van der Waals surface area contributed by atoms with E-state index in [9.17, 15) is 4.79 Å². The molecule has 0 bridgehead atoms.